The van der Waals surface area contributed by atoms with E-state index in [0.717, 1.165) is 16.9 Å². The number of rotatable bonds is 5. The van der Waals surface area contributed by atoms with Crippen molar-refractivity contribution in [3.8, 4) is 11.8 Å². The van der Waals surface area contributed by atoms with Crippen LogP contribution in [-0.2, 0) is 0 Å². The van der Waals surface area contributed by atoms with Gasteiger partial charge in [0, 0.05) is 11.4 Å². The van der Waals surface area contributed by atoms with Crippen molar-refractivity contribution in [3.63, 3.8) is 0 Å². The number of hydrogen-bond donors (Lipinski definition) is 0. The van der Waals surface area contributed by atoms with E-state index < -0.39 is 0 Å². The molecule has 0 bridgehead atoms. The fraction of sp³-hybridized carbons (Fsp3) is 0.278. The molecule has 0 radical (unpaired) electrons. The molecular formula is C18H18ClNO. The van der Waals surface area contributed by atoms with E-state index in [9.17, 15) is 5.26 Å². The van der Waals surface area contributed by atoms with E-state index >= 15 is 0 Å². The summed E-state index contributed by atoms with van der Waals surface area (Å²) >= 11 is 6.15. The molecule has 21 heavy (non-hydrogen) atoms. The fourth-order valence-corrected chi connectivity index (χ4v) is 2.46. The number of hydrogen-bond acceptors (Lipinski definition) is 2. The summed E-state index contributed by atoms with van der Waals surface area (Å²) in [4.78, 5) is 0. The van der Waals surface area contributed by atoms with Gasteiger partial charge in [-0.15, -0.1) is 0 Å². The third kappa shape index (κ3) is 4.00. The first-order valence-corrected chi connectivity index (χ1v) is 7.33. The molecule has 0 aliphatic heterocycles. The molecule has 0 aromatic heterocycles. The molecule has 1 atom stereocenters. The Hall–Kier alpha value is -1.98. The summed E-state index contributed by atoms with van der Waals surface area (Å²) in [5, 5.41) is 9.97. The monoisotopic (exact) mass is 299 g/mol. The number of ether oxygens (including phenoxy) is 1. The Balaban J connectivity index is 2.00. The summed E-state index contributed by atoms with van der Waals surface area (Å²) in [7, 11) is 0. The first-order chi connectivity index (χ1) is 10.1. The predicted molar refractivity (Wildman–Crippen MR) is 85.8 cm³/mol. The summed E-state index contributed by atoms with van der Waals surface area (Å²) in [6.45, 7) is 4.55. The van der Waals surface area contributed by atoms with E-state index in [4.69, 9.17) is 16.3 Å². The van der Waals surface area contributed by atoms with Gasteiger partial charge in [-0.05, 0) is 42.7 Å². The lowest BCUT2D eigenvalue weighted by Crippen LogP contribution is -2.05. The minimum atomic E-state index is -0.246. The third-order valence-electron chi connectivity index (χ3n) is 3.44. The van der Waals surface area contributed by atoms with Crippen molar-refractivity contribution in [2.75, 3.05) is 6.61 Å². The van der Waals surface area contributed by atoms with Crippen LogP contribution < -0.4 is 4.74 Å². The zero-order valence-corrected chi connectivity index (χ0v) is 13.0. The van der Waals surface area contributed by atoms with E-state index in [0.29, 0.717) is 18.1 Å². The van der Waals surface area contributed by atoms with Crippen molar-refractivity contribution >= 4 is 11.6 Å². The highest BCUT2D eigenvalue weighted by atomic mass is 35.5. The molecule has 0 spiro atoms. The van der Waals surface area contributed by atoms with Crippen LogP contribution in [0, 0.1) is 25.2 Å². The Bertz CT molecular complexity index is 661. The van der Waals surface area contributed by atoms with Crippen LogP contribution in [0.25, 0.3) is 0 Å². The molecule has 0 heterocycles. The first-order valence-electron chi connectivity index (χ1n) is 6.96. The van der Waals surface area contributed by atoms with Gasteiger partial charge in [-0.1, -0.05) is 41.9 Å². The van der Waals surface area contributed by atoms with Crippen LogP contribution in [0.5, 0.6) is 5.75 Å². The smallest absolute Gasteiger partial charge is 0.122 e. The van der Waals surface area contributed by atoms with Gasteiger partial charge in [-0.2, -0.15) is 5.26 Å². The molecule has 0 aliphatic carbocycles. The van der Waals surface area contributed by atoms with Crippen molar-refractivity contribution in [2.24, 2.45) is 0 Å². The van der Waals surface area contributed by atoms with Crippen molar-refractivity contribution in [1.29, 1.82) is 5.26 Å². The van der Waals surface area contributed by atoms with Gasteiger partial charge in [0.15, 0.2) is 0 Å². The third-order valence-corrected chi connectivity index (χ3v) is 3.79. The topological polar surface area (TPSA) is 33.0 Å². The van der Waals surface area contributed by atoms with E-state index in [2.05, 4.69) is 12.1 Å². The predicted octanol–water partition coefficient (Wildman–Crippen LogP) is 5.03. The van der Waals surface area contributed by atoms with Crippen LogP contribution in [0.1, 0.15) is 29.0 Å². The zero-order chi connectivity index (χ0) is 15.2. The normalized spacial score (nSPS) is 11.7. The van der Waals surface area contributed by atoms with E-state index in [-0.39, 0.29) is 5.92 Å². The van der Waals surface area contributed by atoms with Crippen molar-refractivity contribution in [2.45, 2.75) is 26.2 Å². The van der Waals surface area contributed by atoms with Gasteiger partial charge in [0.05, 0.1) is 18.6 Å². The summed E-state index contributed by atoms with van der Waals surface area (Å²) in [6, 6.07) is 15.9. The highest BCUT2D eigenvalue weighted by molar-refractivity contribution is 6.31. The minimum absolute atomic E-state index is 0.246. The van der Waals surface area contributed by atoms with Crippen LogP contribution in [0.3, 0.4) is 0 Å². The number of aryl methyl sites for hydroxylation is 2. The zero-order valence-electron chi connectivity index (χ0n) is 12.3. The lowest BCUT2D eigenvalue weighted by Gasteiger charge is -2.13. The molecule has 1 unspecified atom stereocenters. The molecule has 0 fully saturated rings. The lowest BCUT2D eigenvalue weighted by atomic mass is 9.97. The van der Waals surface area contributed by atoms with Gasteiger partial charge >= 0.3 is 0 Å². The maximum Gasteiger partial charge on any atom is 0.122 e. The number of halogens is 1. The van der Waals surface area contributed by atoms with Crippen molar-refractivity contribution in [1.82, 2.24) is 0 Å². The van der Waals surface area contributed by atoms with E-state index in [1.54, 1.807) is 0 Å². The largest absolute Gasteiger partial charge is 0.493 e. The summed E-state index contributed by atoms with van der Waals surface area (Å²) in [5.74, 6) is 0.634. The molecule has 2 rings (SSSR count). The van der Waals surface area contributed by atoms with Gasteiger partial charge < -0.3 is 4.74 Å². The molecule has 2 aromatic carbocycles. The highest BCUT2D eigenvalue weighted by Gasteiger charge is 2.14. The fourth-order valence-electron chi connectivity index (χ4n) is 2.20. The van der Waals surface area contributed by atoms with Crippen LogP contribution in [-0.4, -0.2) is 6.61 Å². The van der Waals surface area contributed by atoms with Crippen LogP contribution >= 0.6 is 11.6 Å². The Kier molecular flexibility index (Phi) is 5.25. The molecular weight excluding hydrogens is 282 g/mol. The molecule has 0 aliphatic rings. The first kappa shape index (κ1) is 15.4. The molecule has 2 nitrogen and oxygen atoms in total. The molecule has 2 aromatic rings. The Morgan fingerprint density at radius 2 is 1.95 bits per heavy atom. The average molecular weight is 300 g/mol. The second-order valence-electron chi connectivity index (χ2n) is 5.11. The Morgan fingerprint density at radius 3 is 2.67 bits per heavy atom. The standard InChI is InChI=1S/C18H18ClNO/c1-13-7-8-14(2)18(11-13)21-10-9-15(12-20)16-5-3-4-6-17(16)19/h3-8,11,15H,9-10H2,1-2H3. The summed E-state index contributed by atoms with van der Waals surface area (Å²) < 4.78 is 5.82. The number of nitriles is 1. The Labute approximate surface area is 130 Å². The van der Waals surface area contributed by atoms with Gasteiger partial charge in [0.1, 0.15) is 5.75 Å². The number of benzene rings is 2. The van der Waals surface area contributed by atoms with Gasteiger partial charge in [0.2, 0.25) is 0 Å². The molecule has 0 saturated carbocycles. The van der Waals surface area contributed by atoms with Crippen molar-refractivity contribution in [3.05, 3.63) is 64.2 Å². The summed E-state index contributed by atoms with van der Waals surface area (Å²) in [5.41, 5.74) is 3.14. The maximum atomic E-state index is 9.34. The second-order valence-corrected chi connectivity index (χ2v) is 5.52. The molecule has 108 valence electrons. The SMILES string of the molecule is Cc1ccc(C)c(OCCC(C#N)c2ccccc2Cl)c1. The molecule has 0 amide bonds. The minimum Gasteiger partial charge on any atom is -0.493 e. The average Bonchev–Trinajstić information content (AvgIpc) is 2.48. The number of nitrogens with zero attached hydrogens (tertiary/aromatic N) is 1. The van der Waals surface area contributed by atoms with Crippen molar-refractivity contribution < 1.29 is 4.74 Å². The molecule has 3 heteroatoms. The van der Waals surface area contributed by atoms with Gasteiger partial charge in [0.25, 0.3) is 0 Å². The van der Waals surface area contributed by atoms with Gasteiger partial charge in [-0.25, -0.2) is 0 Å². The summed E-state index contributed by atoms with van der Waals surface area (Å²) in [6.07, 6.45) is 0.619. The quantitative estimate of drug-likeness (QED) is 0.775. The Morgan fingerprint density at radius 1 is 1.19 bits per heavy atom. The molecule has 0 saturated heterocycles. The second kappa shape index (κ2) is 7.15. The highest BCUT2D eigenvalue weighted by Crippen LogP contribution is 2.27. The van der Waals surface area contributed by atoms with Crippen LogP contribution in [0.15, 0.2) is 42.5 Å². The van der Waals surface area contributed by atoms with E-state index in [1.807, 2.05) is 50.2 Å². The van der Waals surface area contributed by atoms with Gasteiger partial charge in [-0.3, -0.25) is 0 Å². The maximum absolute atomic E-state index is 9.34. The van der Waals surface area contributed by atoms with E-state index in [1.165, 1.54) is 5.56 Å². The van der Waals surface area contributed by atoms with Crippen LogP contribution in [0.2, 0.25) is 5.02 Å². The van der Waals surface area contributed by atoms with Crippen LogP contribution in [0.4, 0.5) is 0 Å². The lowest BCUT2D eigenvalue weighted by molar-refractivity contribution is 0.304. The molecule has 0 N–H and O–H groups in total.